The molecule has 0 spiro atoms. The second-order valence-electron chi connectivity index (χ2n) is 8.55. The van der Waals surface area contributed by atoms with Gasteiger partial charge < -0.3 is 19.7 Å². The highest BCUT2D eigenvalue weighted by molar-refractivity contribution is 5.87. The zero-order chi connectivity index (χ0) is 23.5. The fourth-order valence-electron chi connectivity index (χ4n) is 4.33. The summed E-state index contributed by atoms with van der Waals surface area (Å²) in [6.07, 6.45) is 5.80. The molecule has 178 valence electrons. The third kappa shape index (κ3) is 7.52. The van der Waals surface area contributed by atoms with E-state index in [0.717, 1.165) is 42.7 Å². The number of hydrogen-bond acceptors (Lipinski definition) is 4. The minimum absolute atomic E-state index is 0.0390. The van der Waals surface area contributed by atoms with Crippen molar-refractivity contribution in [2.75, 3.05) is 13.7 Å². The minimum Gasteiger partial charge on any atom is -0.497 e. The van der Waals surface area contributed by atoms with Crippen molar-refractivity contribution in [3.05, 3.63) is 60.2 Å². The molecule has 0 radical (unpaired) electrons. The van der Waals surface area contributed by atoms with E-state index in [9.17, 15) is 9.59 Å². The number of benzene rings is 2. The summed E-state index contributed by atoms with van der Waals surface area (Å²) in [6, 6.07) is 17.0. The third-order valence-corrected chi connectivity index (χ3v) is 6.12. The Morgan fingerprint density at radius 3 is 2.48 bits per heavy atom. The number of carbonyl (C=O) groups is 2. The smallest absolute Gasteiger partial charge is 0.243 e. The highest BCUT2D eigenvalue weighted by atomic mass is 16.5. The van der Waals surface area contributed by atoms with Crippen LogP contribution in [0.15, 0.2) is 54.6 Å². The lowest BCUT2D eigenvalue weighted by Gasteiger charge is -2.31. The summed E-state index contributed by atoms with van der Waals surface area (Å²) in [5, 5.41) is 3.18. The van der Waals surface area contributed by atoms with Crippen LogP contribution in [-0.2, 0) is 16.1 Å². The van der Waals surface area contributed by atoms with Crippen LogP contribution < -0.4 is 14.8 Å². The van der Waals surface area contributed by atoms with Gasteiger partial charge in [0.15, 0.2) is 0 Å². The maximum Gasteiger partial charge on any atom is 0.243 e. The molecule has 0 saturated heterocycles. The van der Waals surface area contributed by atoms with Gasteiger partial charge in [-0.15, -0.1) is 0 Å². The monoisotopic (exact) mass is 452 g/mol. The van der Waals surface area contributed by atoms with Gasteiger partial charge in [0.05, 0.1) is 13.7 Å². The molecule has 3 rings (SSSR count). The van der Waals surface area contributed by atoms with E-state index in [4.69, 9.17) is 9.47 Å². The third-order valence-electron chi connectivity index (χ3n) is 6.12. The van der Waals surface area contributed by atoms with Crippen LogP contribution in [0.1, 0.15) is 57.4 Å². The lowest BCUT2D eigenvalue weighted by atomic mass is 10.1. The molecule has 2 aromatic rings. The average molecular weight is 453 g/mol. The molecule has 1 unspecified atom stereocenters. The largest absolute Gasteiger partial charge is 0.497 e. The van der Waals surface area contributed by atoms with Gasteiger partial charge in [-0.1, -0.05) is 50.1 Å². The van der Waals surface area contributed by atoms with Crippen molar-refractivity contribution >= 4 is 11.8 Å². The van der Waals surface area contributed by atoms with E-state index < -0.39 is 6.04 Å². The van der Waals surface area contributed by atoms with Gasteiger partial charge in [-0.05, 0) is 55.5 Å². The van der Waals surface area contributed by atoms with E-state index in [1.54, 1.807) is 12.0 Å². The standard InChI is InChI=1S/C27H36N2O4/c1-3-25(27(31)28-22-12-7-8-13-22)29(20-21-11-9-16-24(19-21)32-2)26(30)17-10-18-33-23-14-5-4-6-15-23/h4-6,9,11,14-16,19,22,25H,3,7-8,10,12-13,17-18,20H2,1-2H3,(H,28,31). The minimum atomic E-state index is -0.501. The van der Waals surface area contributed by atoms with Gasteiger partial charge in [0.2, 0.25) is 11.8 Å². The van der Waals surface area contributed by atoms with E-state index in [0.29, 0.717) is 32.4 Å². The van der Waals surface area contributed by atoms with Gasteiger partial charge in [-0.3, -0.25) is 9.59 Å². The molecule has 1 atom stereocenters. The van der Waals surface area contributed by atoms with Gasteiger partial charge >= 0.3 is 0 Å². The molecule has 2 aromatic carbocycles. The lowest BCUT2D eigenvalue weighted by Crippen LogP contribution is -2.50. The van der Waals surface area contributed by atoms with Crippen molar-refractivity contribution in [1.29, 1.82) is 0 Å². The van der Waals surface area contributed by atoms with Gasteiger partial charge in [-0.2, -0.15) is 0 Å². The Morgan fingerprint density at radius 1 is 1.06 bits per heavy atom. The number of nitrogens with zero attached hydrogens (tertiary/aromatic N) is 1. The van der Waals surface area contributed by atoms with Crippen molar-refractivity contribution in [3.8, 4) is 11.5 Å². The van der Waals surface area contributed by atoms with Crippen LogP contribution in [0, 0.1) is 0 Å². The molecule has 0 aromatic heterocycles. The normalized spacial score (nSPS) is 14.5. The molecule has 0 aliphatic heterocycles. The molecule has 6 nitrogen and oxygen atoms in total. The first-order valence-corrected chi connectivity index (χ1v) is 12.0. The maximum absolute atomic E-state index is 13.3. The molecule has 0 heterocycles. The summed E-state index contributed by atoms with van der Waals surface area (Å²) >= 11 is 0. The quantitative estimate of drug-likeness (QED) is 0.473. The Labute approximate surface area is 197 Å². The number of methoxy groups -OCH3 is 1. The number of ether oxygens (including phenoxy) is 2. The molecule has 1 aliphatic carbocycles. The predicted molar refractivity (Wildman–Crippen MR) is 129 cm³/mol. The van der Waals surface area contributed by atoms with E-state index in [1.165, 1.54) is 0 Å². The molecule has 2 amide bonds. The fraction of sp³-hybridized carbons (Fsp3) is 0.481. The Hall–Kier alpha value is -3.02. The first-order chi connectivity index (χ1) is 16.1. The molecule has 0 bridgehead atoms. The topological polar surface area (TPSA) is 67.9 Å². The fourth-order valence-corrected chi connectivity index (χ4v) is 4.33. The van der Waals surface area contributed by atoms with E-state index in [-0.39, 0.29) is 17.9 Å². The molecule has 33 heavy (non-hydrogen) atoms. The van der Waals surface area contributed by atoms with Crippen molar-refractivity contribution in [1.82, 2.24) is 10.2 Å². The maximum atomic E-state index is 13.3. The first-order valence-electron chi connectivity index (χ1n) is 12.0. The van der Waals surface area contributed by atoms with Crippen LogP contribution in [0.2, 0.25) is 0 Å². The van der Waals surface area contributed by atoms with Gasteiger partial charge in [0.25, 0.3) is 0 Å². The van der Waals surface area contributed by atoms with Crippen LogP contribution in [0.4, 0.5) is 0 Å². The van der Waals surface area contributed by atoms with Crippen LogP contribution >= 0.6 is 0 Å². The highest BCUT2D eigenvalue weighted by Crippen LogP contribution is 2.21. The first kappa shape index (κ1) is 24.6. The van der Waals surface area contributed by atoms with Crippen molar-refractivity contribution in [2.45, 2.75) is 70.5 Å². The number of carbonyl (C=O) groups excluding carboxylic acids is 2. The van der Waals surface area contributed by atoms with Crippen LogP contribution in [0.25, 0.3) is 0 Å². The van der Waals surface area contributed by atoms with Crippen LogP contribution in [0.3, 0.4) is 0 Å². The molecular formula is C27H36N2O4. The van der Waals surface area contributed by atoms with E-state index >= 15 is 0 Å². The summed E-state index contributed by atoms with van der Waals surface area (Å²) in [5.41, 5.74) is 0.940. The number of nitrogens with one attached hydrogen (secondary N) is 1. The average Bonchev–Trinajstić information content (AvgIpc) is 3.35. The van der Waals surface area contributed by atoms with Crippen LogP contribution in [-0.4, -0.2) is 42.5 Å². The van der Waals surface area contributed by atoms with Crippen molar-refractivity contribution in [3.63, 3.8) is 0 Å². The number of hydrogen-bond donors (Lipinski definition) is 1. The molecule has 6 heteroatoms. The molecule has 1 aliphatic rings. The zero-order valence-corrected chi connectivity index (χ0v) is 19.8. The molecule has 1 saturated carbocycles. The number of rotatable bonds is 12. The molecular weight excluding hydrogens is 416 g/mol. The predicted octanol–water partition coefficient (Wildman–Crippen LogP) is 4.72. The number of para-hydroxylation sites is 1. The Morgan fingerprint density at radius 2 is 1.79 bits per heavy atom. The van der Waals surface area contributed by atoms with Crippen LogP contribution in [0.5, 0.6) is 11.5 Å². The summed E-state index contributed by atoms with van der Waals surface area (Å²) in [4.78, 5) is 28.2. The van der Waals surface area contributed by atoms with E-state index in [2.05, 4.69) is 5.32 Å². The second kappa shape index (κ2) is 12.9. The Balaban J connectivity index is 1.67. The molecule has 1 fully saturated rings. The summed E-state index contributed by atoms with van der Waals surface area (Å²) < 4.78 is 11.1. The lowest BCUT2D eigenvalue weighted by molar-refractivity contribution is -0.141. The molecule has 1 N–H and O–H groups in total. The number of amides is 2. The van der Waals surface area contributed by atoms with Crippen molar-refractivity contribution in [2.24, 2.45) is 0 Å². The van der Waals surface area contributed by atoms with E-state index in [1.807, 2.05) is 61.5 Å². The van der Waals surface area contributed by atoms with Gasteiger partial charge in [-0.25, -0.2) is 0 Å². The Bertz CT molecular complexity index is 881. The highest BCUT2D eigenvalue weighted by Gasteiger charge is 2.30. The van der Waals surface area contributed by atoms with Crippen molar-refractivity contribution < 1.29 is 19.1 Å². The second-order valence-corrected chi connectivity index (χ2v) is 8.55. The summed E-state index contributed by atoms with van der Waals surface area (Å²) in [5.74, 6) is 1.43. The summed E-state index contributed by atoms with van der Waals surface area (Å²) in [6.45, 7) is 2.78. The van der Waals surface area contributed by atoms with Gasteiger partial charge in [0, 0.05) is 19.0 Å². The Kier molecular flexibility index (Phi) is 9.60. The zero-order valence-electron chi connectivity index (χ0n) is 19.8. The summed E-state index contributed by atoms with van der Waals surface area (Å²) in [7, 11) is 1.62. The van der Waals surface area contributed by atoms with Gasteiger partial charge in [0.1, 0.15) is 17.5 Å². The SMILES string of the molecule is CCC(C(=O)NC1CCCC1)N(Cc1cccc(OC)c1)C(=O)CCCOc1ccccc1.